The van der Waals surface area contributed by atoms with E-state index in [4.69, 9.17) is 5.73 Å². The van der Waals surface area contributed by atoms with Gasteiger partial charge in [-0.1, -0.05) is 20.3 Å². The maximum Gasteiger partial charge on any atom is 0.0252 e. The van der Waals surface area contributed by atoms with Crippen LogP contribution in [0.1, 0.15) is 46.5 Å². The minimum Gasteiger partial charge on any atom is -0.324 e. The maximum absolute atomic E-state index is 6.11. The third-order valence-electron chi connectivity index (χ3n) is 3.01. The van der Waals surface area contributed by atoms with Gasteiger partial charge in [-0.3, -0.25) is 0 Å². The van der Waals surface area contributed by atoms with Crippen molar-refractivity contribution in [3.63, 3.8) is 0 Å². The molecular formula is C11H24N2. The molecule has 1 aliphatic rings. The normalized spacial score (nSPS) is 24.0. The average molecular weight is 184 g/mol. The largest absolute Gasteiger partial charge is 0.324 e. The minimum absolute atomic E-state index is 0.0139. The minimum atomic E-state index is -0.0139. The summed E-state index contributed by atoms with van der Waals surface area (Å²) in [6, 6.07) is 0. The topological polar surface area (TPSA) is 38.0 Å². The molecule has 1 atom stereocenters. The van der Waals surface area contributed by atoms with Crippen molar-refractivity contribution in [2.24, 2.45) is 11.1 Å². The van der Waals surface area contributed by atoms with Gasteiger partial charge < -0.3 is 11.1 Å². The molecule has 2 nitrogen and oxygen atoms in total. The Balaban J connectivity index is 2.10. The second-order valence-electron chi connectivity index (χ2n) is 5.32. The monoisotopic (exact) mass is 184 g/mol. The van der Waals surface area contributed by atoms with Crippen LogP contribution in [0.25, 0.3) is 0 Å². The zero-order valence-corrected chi connectivity index (χ0v) is 9.32. The van der Waals surface area contributed by atoms with Crippen LogP contribution in [0.15, 0.2) is 0 Å². The Kier molecular flexibility index (Phi) is 3.36. The summed E-state index contributed by atoms with van der Waals surface area (Å²) < 4.78 is 0. The first-order valence-electron chi connectivity index (χ1n) is 5.47. The molecule has 0 radical (unpaired) electrons. The standard InChI is InChI=1S/C11H24N2/c1-4-5-11(3,12)9-13-8-10(2)6-7-10/h13H,4-9,12H2,1-3H3. The van der Waals surface area contributed by atoms with Gasteiger partial charge in [-0.15, -0.1) is 0 Å². The van der Waals surface area contributed by atoms with Crippen molar-refractivity contribution >= 4 is 0 Å². The van der Waals surface area contributed by atoms with E-state index < -0.39 is 0 Å². The Bertz CT molecular complexity index is 159. The number of nitrogens with one attached hydrogen (secondary N) is 1. The molecule has 13 heavy (non-hydrogen) atoms. The zero-order chi connectivity index (χ0) is 9.95. The molecule has 0 spiro atoms. The molecule has 0 aliphatic heterocycles. The molecule has 1 aliphatic carbocycles. The van der Waals surface area contributed by atoms with Gasteiger partial charge in [-0.25, -0.2) is 0 Å². The predicted molar refractivity (Wildman–Crippen MR) is 57.7 cm³/mol. The van der Waals surface area contributed by atoms with Gasteiger partial charge in [0.25, 0.3) is 0 Å². The van der Waals surface area contributed by atoms with Crippen molar-refractivity contribution in [1.29, 1.82) is 0 Å². The average Bonchev–Trinajstić information content (AvgIpc) is 2.67. The van der Waals surface area contributed by atoms with Crippen molar-refractivity contribution in [1.82, 2.24) is 5.32 Å². The van der Waals surface area contributed by atoms with Crippen LogP contribution in [-0.2, 0) is 0 Å². The van der Waals surface area contributed by atoms with Crippen molar-refractivity contribution in [3.05, 3.63) is 0 Å². The highest BCUT2D eigenvalue weighted by molar-refractivity contribution is 4.91. The van der Waals surface area contributed by atoms with Crippen LogP contribution < -0.4 is 11.1 Å². The third-order valence-corrected chi connectivity index (χ3v) is 3.01. The number of rotatable bonds is 6. The molecule has 0 bridgehead atoms. The molecule has 0 heterocycles. The molecule has 1 rings (SSSR count). The van der Waals surface area contributed by atoms with Gasteiger partial charge in [0.2, 0.25) is 0 Å². The summed E-state index contributed by atoms with van der Waals surface area (Å²) in [6.07, 6.45) is 5.05. The summed E-state index contributed by atoms with van der Waals surface area (Å²) in [5.41, 5.74) is 6.70. The molecule has 3 N–H and O–H groups in total. The Morgan fingerprint density at radius 2 is 2.08 bits per heavy atom. The summed E-state index contributed by atoms with van der Waals surface area (Å²) in [5, 5.41) is 3.49. The molecule has 1 unspecified atom stereocenters. The third kappa shape index (κ3) is 4.10. The Hall–Kier alpha value is -0.0800. The van der Waals surface area contributed by atoms with Gasteiger partial charge in [-0.05, 0) is 31.6 Å². The molecule has 1 fully saturated rings. The van der Waals surface area contributed by atoms with Crippen LogP contribution >= 0.6 is 0 Å². The van der Waals surface area contributed by atoms with Crippen LogP contribution in [0.4, 0.5) is 0 Å². The van der Waals surface area contributed by atoms with Gasteiger partial charge >= 0.3 is 0 Å². The molecular weight excluding hydrogens is 160 g/mol. The highest BCUT2D eigenvalue weighted by atomic mass is 14.9. The zero-order valence-electron chi connectivity index (χ0n) is 9.32. The number of hydrogen-bond donors (Lipinski definition) is 2. The molecule has 2 heteroatoms. The maximum atomic E-state index is 6.11. The van der Waals surface area contributed by atoms with Crippen molar-refractivity contribution < 1.29 is 0 Å². The van der Waals surface area contributed by atoms with Crippen LogP contribution in [-0.4, -0.2) is 18.6 Å². The van der Waals surface area contributed by atoms with Crippen molar-refractivity contribution in [2.75, 3.05) is 13.1 Å². The highest BCUT2D eigenvalue weighted by Crippen LogP contribution is 2.44. The van der Waals surface area contributed by atoms with Crippen LogP contribution in [0, 0.1) is 5.41 Å². The van der Waals surface area contributed by atoms with E-state index in [1.54, 1.807) is 0 Å². The fraction of sp³-hybridized carbons (Fsp3) is 1.00. The van der Waals surface area contributed by atoms with Crippen molar-refractivity contribution in [3.8, 4) is 0 Å². The summed E-state index contributed by atoms with van der Waals surface area (Å²) in [6.45, 7) is 8.76. The lowest BCUT2D eigenvalue weighted by atomic mass is 9.97. The van der Waals surface area contributed by atoms with Crippen LogP contribution in [0.2, 0.25) is 0 Å². The Morgan fingerprint density at radius 1 is 1.46 bits per heavy atom. The lowest BCUT2D eigenvalue weighted by molar-refractivity contribution is 0.375. The van der Waals surface area contributed by atoms with E-state index in [-0.39, 0.29) is 5.54 Å². The fourth-order valence-electron chi connectivity index (χ4n) is 1.70. The van der Waals surface area contributed by atoms with Crippen molar-refractivity contribution in [2.45, 2.75) is 52.0 Å². The van der Waals surface area contributed by atoms with Gasteiger partial charge in [0.1, 0.15) is 0 Å². The first kappa shape index (κ1) is 11.0. The highest BCUT2D eigenvalue weighted by Gasteiger charge is 2.36. The predicted octanol–water partition coefficient (Wildman–Crippen LogP) is 1.89. The summed E-state index contributed by atoms with van der Waals surface area (Å²) in [4.78, 5) is 0. The van der Waals surface area contributed by atoms with Gasteiger partial charge in [-0.2, -0.15) is 0 Å². The van der Waals surface area contributed by atoms with E-state index in [0.717, 1.165) is 19.5 Å². The van der Waals surface area contributed by atoms with Gasteiger partial charge in [0.05, 0.1) is 0 Å². The quantitative estimate of drug-likeness (QED) is 0.661. The first-order valence-corrected chi connectivity index (χ1v) is 5.47. The molecule has 0 aromatic rings. The van der Waals surface area contributed by atoms with E-state index in [9.17, 15) is 0 Å². The Morgan fingerprint density at radius 3 is 2.54 bits per heavy atom. The summed E-state index contributed by atoms with van der Waals surface area (Å²) in [7, 11) is 0. The first-order chi connectivity index (χ1) is 5.97. The van der Waals surface area contributed by atoms with E-state index in [1.165, 1.54) is 19.3 Å². The second kappa shape index (κ2) is 3.97. The molecule has 0 saturated heterocycles. The molecule has 0 amide bonds. The Labute approximate surface area is 82.3 Å². The smallest absolute Gasteiger partial charge is 0.0252 e. The molecule has 1 saturated carbocycles. The van der Waals surface area contributed by atoms with E-state index in [0.29, 0.717) is 5.41 Å². The van der Waals surface area contributed by atoms with E-state index in [2.05, 4.69) is 26.1 Å². The molecule has 0 aromatic carbocycles. The van der Waals surface area contributed by atoms with Gasteiger partial charge in [0.15, 0.2) is 0 Å². The SMILES string of the molecule is CCCC(C)(N)CNCC1(C)CC1. The summed E-state index contributed by atoms with van der Waals surface area (Å²) in [5.74, 6) is 0. The second-order valence-corrected chi connectivity index (χ2v) is 5.32. The van der Waals surface area contributed by atoms with E-state index >= 15 is 0 Å². The lowest BCUT2D eigenvalue weighted by Gasteiger charge is -2.25. The number of nitrogens with two attached hydrogens (primary N) is 1. The van der Waals surface area contributed by atoms with Gasteiger partial charge in [0, 0.05) is 18.6 Å². The van der Waals surface area contributed by atoms with Crippen LogP contribution in [0.3, 0.4) is 0 Å². The van der Waals surface area contributed by atoms with E-state index in [1.807, 2.05) is 0 Å². The molecule has 0 aromatic heterocycles. The fourth-order valence-corrected chi connectivity index (χ4v) is 1.70. The molecule has 78 valence electrons. The number of hydrogen-bond acceptors (Lipinski definition) is 2. The lowest BCUT2D eigenvalue weighted by Crippen LogP contribution is -2.46. The summed E-state index contributed by atoms with van der Waals surface area (Å²) >= 11 is 0. The van der Waals surface area contributed by atoms with Crippen LogP contribution in [0.5, 0.6) is 0 Å².